The molecule has 0 spiro atoms. The molecule has 0 radical (unpaired) electrons. The minimum Gasteiger partial charge on any atom is -0.323 e. The standard InChI is InChI=1S/C12H16BrN3S/c1-3-16-10(12(13)8(2)15-16)7-9(14)11-5-4-6-17-11/h4-6,9H,3,7,14H2,1-2H3. The molecule has 1 unspecified atom stereocenters. The first kappa shape index (κ1) is 12.8. The molecule has 0 aliphatic heterocycles. The van der Waals surface area contributed by atoms with Crippen molar-refractivity contribution in [2.45, 2.75) is 32.9 Å². The fourth-order valence-electron chi connectivity index (χ4n) is 1.88. The Labute approximate surface area is 114 Å². The van der Waals surface area contributed by atoms with Gasteiger partial charge in [-0.3, -0.25) is 4.68 Å². The molecule has 0 fully saturated rings. The Bertz CT molecular complexity index is 490. The summed E-state index contributed by atoms with van der Waals surface area (Å²) in [6.07, 6.45) is 0.815. The molecule has 2 N–H and O–H groups in total. The highest BCUT2D eigenvalue weighted by atomic mass is 79.9. The summed E-state index contributed by atoms with van der Waals surface area (Å²) >= 11 is 5.30. The van der Waals surface area contributed by atoms with Gasteiger partial charge in [0.15, 0.2) is 0 Å². The molecular weight excluding hydrogens is 298 g/mol. The number of nitrogens with two attached hydrogens (primary N) is 1. The number of rotatable bonds is 4. The van der Waals surface area contributed by atoms with E-state index >= 15 is 0 Å². The second-order valence-corrected chi connectivity index (χ2v) is 5.76. The smallest absolute Gasteiger partial charge is 0.0738 e. The molecule has 0 bridgehead atoms. The first-order valence-corrected chi connectivity index (χ1v) is 7.31. The molecule has 3 nitrogen and oxygen atoms in total. The van der Waals surface area contributed by atoms with Gasteiger partial charge in [0.05, 0.1) is 15.9 Å². The third kappa shape index (κ3) is 2.61. The van der Waals surface area contributed by atoms with Crippen LogP contribution in [0.2, 0.25) is 0 Å². The Morgan fingerprint density at radius 1 is 1.59 bits per heavy atom. The van der Waals surface area contributed by atoms with E-state index in [4.69, 9.17) is 5.73 Å². The molecule has 0 aliphatic rings. The molecule has 2 rings (SSSR count). The largest absolute Gasteiger partial charge is 0.323 e. The van der Waals surface area contributed by atoms with Crippen LogP contribution in [-0.4, -0.2) is 9.78 Å². The van der Waals surface area contributed by atoms with Crippen molar-refractivity contribution in [1.29, 1.82) is 0 Å². The van der Waals surface area contributed by atoms with Crippen molar-refractivity contribution < 1.29 is 0 Å². The molecule has 5 heteroatoms. The number of halogens is 1. The molecule has 0 aromatic carbocycles. The lowest BCUT2D eigenvalue weighted by atomic mass is 10.1. The Hall–Kier alpha value is -0.650. The van der Waals surface area contributed by atoms with Crippen LogP contribution in [0.5, 0.6) is 0 Å². The highest BCUT2D eigenvalue weighted by molar-refractivity contribution is 9.10. The van der Waals surface area contributed by atoms with Gasteiger partial charge in [0.25, 0.3) is 0 Å². The van der Waals surface area contributed by atoms with E-state index in [-0.39, 0.29) is 6.04 Å². The van der Waals surface area contributed by atoms with E-state index in [1.54, 1.807) is 11.3 Å². The zero-order valence-electron chi connectivity index (χ0n) is 9.98. The van der Waals surface area contributed by atoms with E-state index in [1.807, 2.05) is 17.7 Å². The number of aryl methyl sites for hydroxylation is 2. The van der Waals surface area contributed by atoms with Gasteiger partial charge in [0, 0.05) is 23.9 Å². The third-order valence-electron chi connectivity index (χ3n) is 2.77. The Kier molecular flexibility index (Phi) is 4.01. The average Bonchev–Trinajstić information content (AvgIpc) is 2.92. The predicted molar refractivity (Wildman–Crippen MR) is 75.3 cm³/mol. The molecule has 0 saturated heterocycles. The minimum atomic E-state index is 0.0488. The number of aromatic nitrogens is 2. The van der Waals surface area contributed by atoms with Crippen LogP contribution in [0.4, 0.5) is 0 Å². The van der Waals surface area contributed by atoms with E-state index in [2.05, 4.69) is 39.4 Å². The van der Waals surface area contributed by atoms with Gasteiger partial charge in [-0.05, 0) is 41.2 Å². The molecule has 17 heavy (non-hydrogen) atoms. The topological polar surface area (TPSA) is 43.8 Å². The molecule has 1 atom stereocenters. The van der Waals surface area contributed by atoms with Crippen molar-refractivity contribution in [3.05, 3.63) is 38.3 Å². The molecule has 2 heterocycles. The normalized spacial score (nSPS) is 12.9. The summed E-state index contributed by atoms with van der Waals surface area (Å²) in [7, 11) is 0. The third-order valence-corrected chi connectivity index (χ3v) is 4.81. The summed E-state index contributed by atoms with van der Waals surface area (Å²) in [5.41, 5.74) is 8.44. The maximum atomic E-state index is 6.22. The van der Waals surface area contributed by atoms with Gasteiger partial charge in [-0.25, -0.2) is 0 Å². The molecule has 2 aromatic rings. The molecule has 0 aliphatic carbocycles. The second kappa shape index (κ2) is 5.33. The Balaban J connectivity index is 2.24. The summed E-state index contributed by atoms with van der Waals surface area (Å²) in [6.45, 7) is 4.98. The van der Waals surface area contributed by atoms with Gasteiger partial charge in [0.2, 0.25) is 0 Å². The van der Waals surface area contributed by atoms with E-state index in [0.29, 0.717) is 0 Å². The van der Waals surface area contributed by atoms with Crippen LogP contribution in [0.3, 0.4) is 0 Å². The second-order valence-electron chi connectivity index (χ2n) is 3.99. The van der Waals surface area contributed by atoms with Gasteiger partial charge in [0.1, 0.15) is 0 Å². The fraction of sp³-hybridized carbons (Fsp3) is 0.417. The minimum absolute atomic E-state index is 0.0488. The average molecular weight is 314 g/mol. The first-order valence-electron chi connectivity index (χ1n) is 5.64. The first-order chi connectivity index (χ1) is 8.13. The lowest BCUT2D eigenvalue weighted by Gasteiger charge is -2.11. The molecule has 0 amide bonds. The SMILES string of the molecule is CCn1nc(C)c(Br)c1CC(N)c1cccs1. The van der Waals surface area contributed by atoms with Crippen LogP contribution in [0.15, 0.2) is 22.0 Å². The van der Waals surface area contributed by atoms with Gasteiger partial charge < -0.3 is 5.73 Å². The lowest BCUT2D eigenvalue weighted by Crippen LogP contribution is -2.15. The van der Waals surface area contributed by atoms with Crippen molar-refractivity contribution >= 4 is 27.3 Å². The van der Waals surface area contributed by atoms with Crippen molar-refractivity contribution in [3.63, 3.8) is 0 Å². The number of thiophene rings is 1. The molecule has 2 aromatic heterocycles. The zero-order valence-corrected chi connectivity index (χ0v) is 12.4. The van der Waals surface area contributed by atoms with Crippen LogP contribution in [-0.2, 0) is 13.0 Å². The fourth-order valence-corrected chi connectivity index (χ4v) is 3.05. The van der Waals surface area contributed by atoms with Crippen molar-refractivity contribution in [1.82, 2.24) is 9.78 Å². The van der Waals surface area contributed by atoms with Crippen molar-refractivity contribution in [2.75, 3.05) is 0 Å². The summed E-state index contributed by atoms with van der Waals surface area (Å²) in [6, 6.07) is 4.17. The molecular formula is C12H16BrN3S. The number of hydrogen-bond donors (Lipinski definition) is 1. The molecule has 0 saturated carbocycles. The van der Waals surface area contributed by atoms with Crippen molar-refractivity contribution in [2.24, 2.45) is 5.73 Å². The summed E-state index contributed by atoms with van der Waals surface area (Å²) in [4.78, 5) is 1.22. The quantitative estimate of drug-likeness (QED) is 0.941. The summed E-state index contributed by atoms with van der Waals surface area (Å²) in [5, 5.41) is 6.54. The van der Waals surface area contributed by atoms with E-state index in [1.165, 1.54) is 10.6 Å². The Morgan fingerprint density at radius 2 is 2.35 bits per heavy atom. The van der Waals surface area contributed by atoms with Crippen LogP contribution in [0, 0.1) is 6.92 Å². The maximum Gasteiger partial charge on any atom is 0.0738 e. The van der Waals surface area contributed by atoms with E-state index < -0.39 is 0 Å². The van der Waals surface area contributed by atoms with Crippen LogP contribution in [0.1, 0.15) is 29.2 Å². The predicted octanol–water partition coefficient (Wildman–Crippen LogP) is 3.28. The van der Waals surface area contributed by atoms with E-state index in [9.17, 15) is 0 Å². The van der Waals surface area contributed by atoms with Crippen molar-refractivity contribution in [3.8, 4) is 0 Å². The van der Waals surface area contributed by atoms with Crippen LogP contribution >= 0.6 is 27.3 Å². The van der Waals surface area contributed by atoms with E-state index in [0.717, 1.165) is 23.1 Å². The number of nitrogens with zero attached hydrogens (tertiary/aromatic N) is 2. The lowest BCUT2D eigenvalue weighted by molar-refractivity contribution is 0.589. The summed E-state index contributed by atoms with van der Waals surface area (Å²) in [5.74, 6) is 0. The number of hydrogen-bond acceptors (Lipinski definition) is 3. The zero-order chi connectivity index (χ0) is 12.4. The monoisotopic (exact) mass is 313 g/mol. The molecule has 92 valence electrons. The van der Waals surface area contributed by atoms with Gasteiger partial charge in [-0.2, -0.15) is 5.10 Å². The van der Waals surface area contributed by atoms with Gasteiger partial charge >= 0.3 is 0 Å². The highest BCUT2D eigenvalue weighted by Crippen LogP contribution is 2.27. The van der Waals surface area contributed by atoms with Gasteiger partial charge in [-0.15, -0.1) is 11.3 Å². The maximum absolute atomic E-state index is 6.22. The Morgan fingerprint density at radius 3 is 2.94 bits per heavy atom. The summed E-state index contributed by atoms with van der Waals surface area (Å²) < 4.78 is 3.11. The van der Waals surface area contributed by atoms with Crippen LogP contribution < -0.4 is 5.73 Å². The van der Waals surface area contributed by atoms with Gasteiger partial charge in [-0.1, -0.05) is 6.07 Å². The van der Waals surface area contributed by atoms with Crippen LogP contribution in [0.25, 0.3) is 0 Å². The highest BCUT2D eigenvalue weighted by Gasteiger charge is 2.16.